The molecule has 0 atom stereocenters. The molecule has 1 saturated heterocycles. The number of ether oxygens (including phenoxy) is 1. The second kappa shape index (κ2) is 8.58. The van der Waals surface area contributed by atoms with Crippen LogP contribution in [0, 0.1) is 0 Å². The highest BCUT2D eigenvalue weighted by molar-refractivity contribution is 7.89. The van der Waals surface area contributed by atoms with E-state index < -0.39 is 32.6 Å². The highest BCUT2D eigenvalue weighted by Gasteiger charge is 2.36. The van der Waals surface area contributed by atoms with Crippen molar-refractivity contribution in [2.45, 2.75) is 17.7 Å². The third kappa shape index (κ3) is 4.64. The van der Waals surface area contributed by atoms with Gasteiger partial charge >= 0.3 is 6.18 Å². The number of carbonyl (C=O) groups is 1. The normalized spacial score (nSPS) is 16.1. The number of hydrogen-bond donors (Lipinski definition) is 0. The van der Waals surface area contributed by atoms with Crippen LogP contribution in [0.2, 0.25) is 5.02 Å². The number of carbonyl (C=O) groups excluding carboxylic acids is 1. The van der Waals surface area contributed by atoms with Gasteiger partial charge in [0.25, 0.3) is 5.91 Å². The molecule has 7 nitrogen and oxygen atoms in total. The maximum absolute atomic E-state index is 13.0. The molecule has 1 fully saturated rings. The van der Waals surface area contributed by atoms with Crippen molar-refractivity contribution in [3.63, 3.8) is 0 Å². The lowest BCUT2D eigenvalue weighted by molar-refractivity contribution is -0.137. The van der Waals surface area contributed by atoms with Crippen LogP contribution < -0.4 is 0 Å². The first-order valence-corrected chi connectivity index (χ1v) is 10.6. The second-order valence-corrected chi connectivity index (χ2v) is 8.85. The molecule has 0 spiro atoms. The molecule has 1 aliphatic heterocycles. The van der Waals surface area contributed by atoms with Crippen LogP contribution in [0.3, 0.4) is 0 Å². The molecular formula is C18H18ClF3N2O5S. The van der Waals surface area contributed by atoms with Crippen molar-refractivity contribution in [1.29, 1.82) is 0 Å². The molecule has 12 heteroatoms. The molecule has 2 aromatic rings. The monoisotopic (exact) mass is 466 g/mol. The van der Waals surface area contributed by atoms with E-state index in [1.807, 2.05) is 0 Å². The lowest BCUT2D eigenvalue weighted by Gasteiger charge is -2.33. The van der Waals surface area contributed by atoms with E-state index in [0.29, 0.717) is 11.8 Å². The average molecular weight is 467 g/mol. The maximum atomic E-state index is 13.0. The number of amides is 1. The van der Waals surface area contributed by atoms with E-state index in [0.717, 1.165) is 16.4 Å². The van der Waals surface area contributed by atoms with Gasteiger partial charge < -0.3 is 14.1 Å². The number of nitrogens with zero attached hydrogens (tertiary/aromatic N) is 2. The number of benzene rings is 1. The van der Waals surface area contributed by atoms with Crippen LogP contribution in [-0.2, 0) is 27.5 Å². The predicted octanol–water partition coefficient (Wildman–Crippen LogP) is 3.24. The minimum absolute atomic E-state index is 0.0506. The van der Waals surface area contributed by atoms with Gasteiger partial charge in [-0.2, -0.15) is 17.5 Å². The van der Waals surface area contributed by atoms with E-state index in [1.54, 1.807) is 6.07 Å². The van der Waals surface area contributed by atoms with Crippen molar-refractivity contribution in [3.05, 3.63) is 52.4 Å². The Balaban J connectivity index is 1.73. The first kappa shape index (κ1) is 22.6. The van der Waals surface area contributed by atoms with Gasteiger partial charge in [0.15, 0.2) is 5.76 Å². The Bertz CT molecular complexity index is 1030. The number of furan rings is 1. The number of piperazine rings is 1. The van der Waals surface area contributed by atoms with Crippen LogP contribution in [0.5, 0.6) is 0 Å². The van der Waals surface area contributed by atoms with Crippen LogP contribution in [0.15, 0.2) is 39.6 Å². The second-order valence-electron chi connectivity index (χ2n) is 6.54. The lowest BCUT2D eigenvalue weighted by Crippen LogP contribution is -2.50. The zero-order chi connectivity index (χ0) is 22.1. The first-order chi connectivity index (χ1) is 14.0. The summed E-state index contributed by atoms with van der Waals surface area (Å²) in [6.45, 7) is 0.125. The lowest BCUT2D eigenvalue weighted by atomic mass is 10.2. The number of hydrogen-bond acceptors (Lipinski definition) is 5. The summed E-state index contributed by atoms with van der Waals surface area (Å²) in [6.07, 6.45) is -4.70. The maximum Gasteiger partial charge on any atom is 0.416 e. The zero-order valence-corrected chi connectivity index (χ0v) is 17.4. The molecule has 0 radical (unpaired) electrons. The smallest absolute Gasteiger partial charge is 0.416 e. The standard InChI is InChI=1S/C18H18ClF3N2O5S/c1-28-11-13-3-5-15(29-13)17(25)23-6-8-24(9-7-23)30(26,27)16-10-12(18(20,21)22)2-4-14(16)19/h2-5,10H,6-9,11H2,1H3. The Kier molecular flexibility index (Phi) is 6.46. The van der Waals surface area contributed by atoms with Crippen molar-refractivity contribution < 1.29 is 35.5 Å². The highest BCUT2D eigenvalue weighted by Crippen LogP contribution is 2.34. The van der Waals surface area contributed by atoms with Gasteiger partial charge in [-0.15, -0.1) is 0 Å². The van der Waals surface area contributed by atoms with Crippen LogP contribution in [0.25, 0.3) is 0 Å². The molecule has 164 valence electrons. The van der Waals surface area contributed by atoms with Crippen molar-refractivity contribution in [3.8, 4) is 0 Å². The topological polar surface area (TPSA) is 80.1 Å². The molecule has 1 amide bonds. The summed E-state index contributed by atoms with van der Waals surface area (Å²) in [6, 6.07) is 5.26. The molecular weight excluding hydrogens is 449 g/mol. The Morgan fingerprint density at radius 3 is 2.43 bits per heavy atom. The summed E-state index contributed by atoms with van der Waals surface area (Å²) in [5.41, 5.74) is -1.11. The predicted molar refractivity (Wildman–Crippen MR) is 101 cm³/mol. The third-order valence-corrected chi connectivity index (χ3v) is 6.94. The minimum atomic E-state index is -4.70. The van der Waals surface area contributed by atoms with Crippen LogP contribution in [0.4, 0.5) is 13.2 Å². The van der Waals surface area contributed by atoms with E-state index >= 15 is 0 Å². The fraction of sp³-hybridized carbons (Fsp3) is 0.389. The van der Waals surface area contributed by atoms with Gasteiger partial charge in [-0.05, 0) is 30.3 Å². The van der Waals surface area contributed by atoms with Gasteiger partial charge in [0.05, 0.1) is 10.6 Å². The van der Waals surface area contributed by atoms with Gasteiger partial charge in [-0.1, -0.05) is 11.6 Å². The summed E-state index contributed by atoms with van der Waals surface area (Å²) in [5, 5.41) is -0.303. The number of alkyl halides is 3. The molecule has 0 bridgehead atoms. The molecule has 1 aromatic heterocycles. The first-order valence-electron chi connectivity index (χ1n) is 8.78. The van der Waals surface area contributed by atoms with Crippen LogP contribution in [0.1, 0.15) is 21.9 Å². The third-order valence-electron chi connectivity index (χ3n) is 4.56. The SMILES string of the molecule is COCc1ccc(C(=O)N2CCN(S(=O)(=O)c3cc(C(F)(F)F)ccc3Cl)CC2)o1. The van der Waals surface area contributed by atoms with Crippen LogP contribution in [-0.4, -0.2) is 56.8 Å². The molecule has 3 rings (SSSR count). The van der Waals surface area contributed by atoms with Crippen molar-refractivity contribution in [2.75, 3.05) is 33.3 Å². The molecule has 1 aliphatic rings. The van der Waals surface area contributed by atoms with Crippen molar-refractivity contribution in [2.24, 2.45) is 0 Å². The molecule has 0 saturated carbocycles. The highest BCUT2D eigenvalue weighted by atomic mass is 35.5. The Labute approximate surface area is 176 Å². The molecule has 30 heavy (non-hydrogen) atoms. The number of methoxy groups -OCH3 is 1. The summed E-state index contributed by atoms with van der Waals surface area (Å²) >= 11 is 5.88. The Morgan fingerprint density at radius 2 is 1.83 bits per heavy atom. The fourth-order valence-corrected chi connectivity index (χ4v) is 4.94. The quantitative estimate of drug-likeness (QED) is 0.676. The molecule has 0 aliphatic carbocycles. The molecule has 1 aromatic carbocycles. The van der Waals surface area contributed by atoms with Gasteiger partial charge in [-0.3, -0.25) is 4.79 Å². The summed E-state index contributed by atoms with van der Waals surface area (Å²) in [4.78, 5) is 13.3. The van der Waals surface area contributed by atoms with Crippen molar-refractivity contribution >= 4 is 27.5 Å². The molecule has 2 heterocycles. The number of sulfonamides is 1. The van der Waals surface area contributed by atoms with E-state index in [4.69, 9.17) is 20.8 Å². The number of halogens is 4. The van der Waals surface area contributed by atoms with Gasteiger partial charge in [0, 0.05) is 33.3 Å². The van der Waals surface area contributed by atoms with E-state index in [-0.39, 0.29) is 43.6 Å². The van der Waals surface area contributed by atoms with E-state index in [2.05, 4.69) is 0 Å². The van der Waals surface area contributed by atoms with E-state index in [9.17, 15) is 26.4 Å². The largest absolute Gasteiger partial charge is 0.453 e. The van der Waals surface area contributed by atoms with Gasteiger partial charge in [0.1, 0.15) is 17.3 Å². The number of rotatable bonds is 5. The minimum Gasteiger partial charge on any atom is -0.453 e. The van der Waals surface area contributed by atoms with Crippen LogP contribution >= 0.6 is 11.6 Å². The Hall–Kier alpha value is -2.08. The molecule has 0 unspecified atom stereocenters. The molecule has 0 N–H and O–H groups in total. The van der Waals surface area contributed by atoms with Crippen molar-refractivity contribution in [1.82, 2.24) is 9.21 Å². The van der Waals surface area contributed by atoms with E-state index in [1.165, 1.54) is 18.1 Å². The summed E-state index contributed by atoms with van der Waals surface area (Å²) in [5.74, 6) is 0.159. The average Bonchev–Trinajstić information content (AvgIpc) is 3.16. The fourth-order valence-electron chi connectivity index (χ4n) is 3.02. The summed E-state index contributed by atoms with van der Waals surface area (Å²) < 4.78 is 75.9. The van der Waals surface area contributed by atoms with Gasteiger partial charge in [-0.25, -0.2) is 8.42 Å². The van der Waals surface area contributed by atoms with Gasteiger partial charge in [0.2, 0.25) is 10.0 Å². The Morgan fingerprint density at radius 1 is 1.17 bits per heavy atom. The zero-order valence-electron chi connectivity index (χ0n) is 15.8. The summed E-state index contributed by atoms with van der Waals surface area (Å²) in [7, 11) is -2.78.